The van der Waals surface area contributed by atoms with Crippen LogP contribution < -0.4 is 0 Å². The molecule has 0 amide bonds. The highest BCUT2D eigenvalue weighted by molar-refractivity contribution is 5.46. The van der Waals surface area contributed by atoms with E-state index in [0.717, 1.165) is 18.6 Å². The highest BCUT2D eigenvalue weighted by Crippen LogP contribution is 2.37. The fourth-order valence-corrected chi connectivity index (χ4v) is 1.85. The van der Waals surface area contributed by atoms with Gasteiger partial charge in [-0.1, -0.05) is 0 Å². The predicted octanol–water partition coefficient (Wildman–Crippen LogP) is 2.90. The summed E-state index contributed by atoms with van der Waals surface area (Å²) in [5.41, 5.74) is 0.561. The van der Waals surface area contributed by atoms with Crippen molar-refractivity contribution in [2.75, 3.05) is 0 Å². The van der Waals surface area contributed by atoms with Gasteiger partial charge in [0.05, 0.1) is 5.56 Å². The summed E-state index contributed by atoms with van der Waals surface area (Å²) in [5, 5.41) is 9.38. The maximum atomic E-state index is 12.3. The Morgan fingerprint density at radius 2 is 1.86 bits per heavy atom. The van der Waals surface area contributed by atoms with E-state index in [9.17, 15) is 18.3 Å². The SMILES string of the molecule is Oc1cc(C(F)(F)F)cc2c1CCC2. The highest BCUT2D eigenvalue weighted by Gasteiger charge is 2.32. The number of phenols is 1. The van der Waals surface area contributed by atoms with E-state index >= 15 is 0 Å². The van der Waals surface area contributed by atoms with E-state index in [1.54, 1.807) is 0 Å². The maximum absolute atomic E-state index is 12.3. The van der Waals surface area contributed by atoms with Crippen LogP contribution in [0.25, 0.3) is 0 Å². The van der Waals surface area contributed by atoms with Crippen LogP contribution in [-0.4, -0.2) is 5.11 Å². The molecular formula is C10H9F3O. The maximum Gasteiger partial charge on any atom is 0.416 e. The van der Waals surface area contributed by atoms with Gasteiger partial charge in [0, 0.05) is 0 Å². The molecule has 0 aromatic heterocycles. The molecule has 1 N–H and O–H groups in total. The van der Waals surface area contributed by atoms with Gasteiger partial charge < -0.3 is 5.11 Å². The smallest absolute Gasteiger partial charge is 0.416 e. The second-order valence-electron chi connectivity index (χ2n) is 3.48. The molecule has 4 heteroatoms. The number of rotatable bonds is 0. The van der Waals surface area contributed by atoms with Crippen molar-refractivity contribution in [1.29, 1.82) is 0 Å². The highest BCUT2D eigenvalue weighted by atomic mass is 19.4. The molecule has 0 spiro atoms. The number of phenolic OH excluding ortho intramolecular Hbond substituents is 1. The minimum absolute atomic E-state index is 0.215. The molecule has 1 nitrogen and oxygen atoms in total. The molecule has 76 valence electrons. The van der Waals surface area contributed by atoms with Gasteiger partial charge in [-0.05, 0) is 42.5 Å². The molecule has 1 aromatic carbocycles. The van der Waals surface area contributed by atoms with Crippen LogP contribution in [0.5, 0.6) is 5.75 Å². The average Bonchev–Trinajstić information content (AvgIpc) is 2.50. The Labute approximate surface area is 79.2 Å². The van der Waals surface area contributed by atoms with Crippen molar-refractivity contribution < 1.29 is 18.3 Å². The molecule has 2 rings (SSSR count). The molecule has 0 radical (unpaired) electrons. The summed E-state index contributed by atoms with van der Waals surface area (Å²) >= 11 is 0. The number of aryl methyl sites for hydroxylation is 1. The summed E-state index contributed by atoms with van der Waals surface area (Å²) in [6.07, 6.45) is -2.23. The second-order valence-corrected chi connectivity index (χ2v) is 3.48. The molecule has 0 aliphatic heterocycles. The molecule has 0 fully saturated rings. The third kappa shape index (κ3) is 1.45. The van der Waals surface area contributed by atoms with Gasteiger partial charge in [0.2, 0.25) is 0 Å². The zero-order chi connectivity index (χ0) is 10.3. The third-order valence-corrected chi connectivity index (χ3v) is 2.52. The molecule has 1 aliphatic rings. The van der Waals surface area contributed by atoms with Crippen LogP contribution >= 0.6 is 0 Å². The van der Waals surface area contributed by atoms with Crippen molar-refractivity contribution in [1.82, 2.24) is 0 Å². The fraction of sp³-hybridized carbons (Fsp3) is 0.400. The van der Waals surface area contributed by atoms with Gasteiger partial charge in [-0.2, -0.15) is 13.2 Å². The average molecular weight is 202 g/mol. The van der Waals surface area contributed by atoms with E-state index in [-0.39, 0.29) is 5.75 Å². The van der Waals surface area contributed by atoms with E-state index in [4.69, 9.17) is 0 Å². The first-order valence-electron chi connectivity index (χ1n) is 4.40. The Morgan fingerprint density at radius 3 is 2.50 bits per heavy atom. The molecule has 0 bridgehead atoms. The minimum Gasteiger partial charge on any atom is -0.508 e. The molecule has 0 unspecified atom stereocenters. The standard InChI is InChI=1S/C10H9F3O/c11-10(12,13)7-4-6-2-1-3-8(6)9(14)5-7/h4-5,14H,1-3H2. The van der Waals surface area contributed by atoms with Gasteiger partial charge in [-0.25, -0.2) is 0 Å². The van der Waals surface area contributed by atoms with E-state index in [1.807, 2.05) is 0 Å². The number of alkyl halides is 3. The Bertz CT molecular complexity index is 368. The van der Waals surface area contributed by atoms with Crippen molar-refractivity contribution in [3.05, 3.63) is 28.8 Å². The summed E-state index contributed by atoms with van der Waals surface area (Å²) in [5.74, 6) is -0.215. The molecule has 0 saturated carbocycles. The molecule has 0 atom stereocenters. The third-order valence-electron chi connectivity index (χ3n) is 2.52. The monoisotopic (exact) mass is 202 g/mol. The van der Waals surface area contributed by atoms with Crippen LogP contribution in [-0.2, 0) is 19.0 Å². The van der Waals surface area contributed by atoms with Crippen LogP contribution in [0.2, 0.25) is 0 Å². The Morgan fingerprint density at radius 1 is 1.14 bits per heavy atom. The summed E-state index contributed by atoms with van der Waals surface area (Å²) in [6.45, 7) is 0. The molecule has 0 saturated heterocycles. The van der Waals surface area contributed by atoms with Gasteiger partial charge in [0.15, 0.2) is 0 Å². The van der Waals surface area contributed by atoms with Crippen molar-refractivity contribution in [2.24, 2.45) is 0 Å². The van der Waals surface area contributed by atoms with Crippen molar-refractivity contribution in [2.45, 2.75) is 25.4 Å². The lowest BCUT2D eigenvalue weighted by molar-refractivity contribution is -0.137. The first kappa shape index (κ1) is 9.37. The topological polar surface area (TPSA) is 20.2 Å². The lowest BCUT2D eigenvalue weighted by Gasteiger charge is -2.10. The minimum atomic E-state index is -4.37. The molecular weight excluding hydrogens is 193 g/mol. The normalized spacial score (nSPS) is 15.6. The van der Waals surface area contributed by atoms with Gasteiger partial charge in [-0.3, -0.25) is 0 Å². The quantitative estimate of drug-likeness (QED) is 0.685. The summed E-state index contributed by atoms with van der Waals surface area (Å²) < 4.78 is 37.0. The number of fused-ring (bicyclic) bond motifs is 1. The fourth-order valence-electron chi connectivity index (χ4n) is 1.85. The van der Waals surface area contributed by atoms with Crippen LogP contribution in [0.3, 0.4) is 0 Å². The van der Waals surface area contributed by atoms with Gasteiger partial charge >= 0.3 is 6.18 Å². The molecule has 1 aliphatic carbocycles. The molecule has 0 heterocycles. The Hall–Kier alpha value is -1.19. The number of hydrogen-bond acceptors (Lipinski definition) is 1. The van der Waals surface area contributed by atoms with Crippen LogP contribution in [0.1, 0.15) is 23.1 Å². The largest absolute Gasteiger partial charge is 0.508 e. The molecule has 1 aromatic rings. The zero-order valence-corrected chi connectivity index (χ0v) is 7.36. The first-order valence-corrected chi connectivity index (χ1v) is 4.40. The van der Waals surface area contributed by atoms with Crippen molar-refractivity contribution in [3.63, 3.8) is 0 Å². The number of hydrogen-bond donors (Lipinski definition) is 1. The molecule has 14 heavy (non-hydrogen) atoms. The second kappa shape index (κ2) is 2.90. The number of halogens is 3. The number of aromatic hydroxyl groups is 1. The lowest BCUT2D eigenvalue weighted by atomic mass is 10.0. The van der Waals surface area contributed by atoms with E-state index in [1.165, 1.54) is 0 Å². The summed E-state index contributed by atoms with van der Waals surface area (Å²) in [6, 6.07) is 1.95. The van der Waals surface area contributed by atoms with Crippen LogP contribution in [0, 0.1) is 0 Å². The van der Waals surface area contributed by atoms with Crippen LogP contribution in [0.4, 0.5) is 13.2 Å². The van der Waals surface area contributed by atoms with Crippen molar-refractivity contribution >= 4 is 0 Å². The first-order chi connectivity index (χ1) is 6.48. The predicted molar refractivity (Wildman–Crippen MR) is 45.1 cm³/mol. The Kier molecular flexibility index (Phi) is 1.94. The van der Waals surface area contributed by atoms with E-state index < -0.39 is 11.7 Å². The van der Waals surface area contributed by atoms with Gasteiger partial charge in [-0.15, -0.1) is 0 Å². The summed E-state index contributed by atoms with van der Waals surface area (Å²) in [4.78, 5) is 0. The van der Waals surface area contributed by atoms with E-state index in [0.29, 0.717) is 24.0 Å². The summed E-state index contributed by atoms with van der Waals surface area (Å²) in [7, 11) is 0. The van der Waals surface area contributed by atoms with Gasteiger partial charge in [0.25, 0.3) is 0 Å². The van der Waals surface area contributed by atoms with Crippen molar-refractivity contribution in [3.8, 4) is 5.75 Å². The Balaban J connectivity index is 2.52. The van der Waals surface area contributed by atoms with E-state index in [2.05, 4.69) is 0 Å². The lowest BCUT2D eigenvalue weighted by Crippen LogP contribution is -2.05. The number of benzene rings is 1. The van der Waals surface area contributed by atoms with Crippen LogP contribution in [0.15, 0.2) is 12.1 Å². The van der Waals surface area contributed by atoms with Gasteiger partial charge in [0.1, 0.15) is 5.75 Å². The zero-order valence-electron chi connectivity index (χ0n) is 7.36.